The van der Waals surface area contributed by atoms with Crippen molar-refractivity contribution in [2.24, 2.45) is 5.92 Å². The van der Waals surface area contributed by atoms with Gasteiger partial charge in [0.15, 0.2) is 0 Å². The third-order valence-corrected chi connectivity index (χ3v) is 4.54. The average molecular weight is 363 g/mol. The van der Waals surface area contributed by atoms with Gasteiger partial charge in [0.1, 0.15) is 5.82 Å². The first-order chi connectivity index (χ1) is 11.9. The molecule has 0 aliphatic carbocycles. The second-order valence-electron chi connectivity index (χ2n) is 6.12. The maximum atomic E-state index is 13.9. The number of pyridine rings is 1. The van der Waals surface area contributed by atoms with Gasteiger partial charge in [0.2, 0.25) is 0 Å². The van der Waals surface area contributed by atoms with Crippen LogP contribution in [-0.4, -0.2) is 40.0 Å². The normalized spacial score (nSPS) is 16.9. The van der Waals surface area contributed by atoms with Crippen molar-refractivity contribution >= 4 is 23.5 Å². The number of benzene rings is 1. The first kappa shape index (κ1) is 17.4. The molecule has 7 heteroatoms. The molecule has 0 bridgehead atoms. The lowest BCUT2D eigenvalue weighted by Crippen LogP contribution is -2.29. The van der Waals surface area contributed by atoms with Gasteiger partial charge in [-0.25, -0.2) is 9.18 Å². The van der Waals surface area contributed by atoms with Gasteiger partial charge in [0.25, 0.3) is 5.91 Å². The molecule has 1 unspecified atom stereocenters. The fourth-order valence-electron chi connectivity index (χ4n) is 3.07. The van der Waals surface area contributed by atoms with Gasteiger partial charge in [-0.15, -0.1) is 0 Å². The summed E-state index contributed by atoms with van der Waals surface area (Å²) in [5.74, 6) is -1.81. The highest BCUT2D eigenvalue weighted by Gasteiger charge is 2.28. The van der Waals surface area contributed by atoms with E-state index in [1.165, 1.54) is 18.3 Å². The number of rotatable bonds is 4. The summed E-state index contributed by atoms with van der Waals surface area (Å²) >= 11 is 5.72. The van der Waals surface area contributed by atoms with Crippen molar-refractivity contribution < 1.29 is 19.1 Å². The van der Waals surface area contributed by atoms with Crippen molar-refractivity contribution in [3.8, 4) is 0 Å². The number of hydrogen-bond acceptors (Lipinski definition) is 3. The summed E-state index contributed by atoms with van der Waals surface area (Å²) in [5.41, 5.74) is 0.975. The number of amides is 1. The summed E-state index contributed by atoms with van der Waals surface area (Å²) in [6, 6.07) is 5.62. The van der Waals surface area contributed by atoms with Gasteiger partial charge in [0, 0.05) is 30.5 Å². The average Bonchev–Trinajstić information content (AvgIpc) is 3.03. The topological polar surface area (TPSA) is 70.5 Å². The first-order valence-electron chi connectivity index (χ1n) is 7.85. The molecule has 1 aliphatic heterocycles. The van der Waals surface area contributed by atoms with Crippen LogP contribution in [0.25, 0.3) is 0 Å². The number of carbonyl (C=O) groups is 2. The van der Waals surface area contributed by atoms with Crippen LogP contribution in [0.15, 0.2) is 36.7 Å². The summed E-state index contributed by atoms with van der Waals surface area (Å²) in [4.78, 5) is 29.0. The Hall–Kier alpha value is -2.47. The minimum atomic E-state index is -1.02. The predicted octanol–water partition coefficient (Wildman–Crippen LogP) is 3.28. The van der Waals surface area contributed by atoms with E-state index >= 15 is 0 Å². The first-order valence-corrected chi connectivity index (χ1v) is 8.23. The van der Waals surface area contributed by atoms with Gasteiger partial charge >= 0.3 is 5.97 Å². The van der Waals surface area contributed by atoms with Gasteiger partial charge in [-0.1, -0.05) is 11.6 Å². The molecule has 0 radical (unpaired) electrons. The fourth-order valence-corrected chi connectivity index (χ4v) is 3.23. The minimum absolute atomic E-state index is 0.0135. The highest BCUT2D eigenvalue weighted by atomic mass is 35.5. The quantitative estimate of drug-likeness (QED) is 0.906. The van der Waals surface area contributed by atoms with Crippen molar-refractivity contribution in [3.63, 3.8) is 0 Å². The van der Waals surface area contributed by atoms with Gasteiger partial charge in [0.05, 0.1) is 11.1 Å². The minimum Gasteiger partial charge on any atom is -0.478 e. The lowest BCUT2D eigenvalue weighted by atomic mass is 9.99. The second-order valence-corrected chi connectivity index (χ2v) is 6.56. The number of aromatic carboxylic acids is 1. The van der Waals surface area contributed by atoms with Crippen molar-refractivity contribution in [1.29, 1.82) is 0 Å². The van der Waals surface area contributed by atoms with Crippen LogP contribution in [0.5, 0.6) is 0 Å². The van der Waals surface area contributed by atoms with E-state index in [1.54, 1.807) is 17.2 Å². The van der Waals surface area contributed by atoms with Crippen LogP contribution in [0, 0.1) is 11.7 Å². The van der Waals surface area contributed by atoms with E-state index < -0.39 is 11.8 Å². The molecule has 0 spiro atoms. The molecular formula is C18H16ClFN2O3. The Bertz CT molecular complexity index is 828. The molecule has 3 rings (SSSR count). The Kier molecular flexibility index (Phi) is 4.99. The maximum absolute atomic E-state index is 13.9. The Balaban J connectivity index is 1.66. The number of carbonyl (C=O) groups excluding carboxylic acids is 1. The van der Waals surface area contributed by atoms with Gasteiger partial charge in [-0.05, 0) is 48.6 Å². The molecule has 1 atom stereocenters. The molecule has 2 aromatic rings. The van der Waals surface area contributed by atoms with E-state index in [2.05, 4.69) is 4.98 Å². The molecule has 1 N–H and O–H groups in total. The van der Waals surface area contributed by atoms with E-state index in [4.69, 9.17) is 16.7 Å². The van der Waals surface area contributed by atoms with Crippen LogP contribution >= 0.6 is 11.6 Å². The Morgan fingerprint density at radius 2 is 2.12 bits per heavy atom. The summed E-state index contributed by atoms with van der Waals surface area (Å²) < 4.78 is 13.9. The lowest BCUT2D eigenvalue weighted by molar-refractivity contribution is 0.0695. The molecule has 25 heavy (non-hydrogen) atoms. The van der Waals surface area contributed by atoms with E-state index in [9.17, 15) is 14.0 Å². The molecule has 5 nitrogen and oxygen atoms in total. The number of carboxylic acids is 1. The molecule has 1 amide bonds. The Morgan fingerprint density at radius 3 is 2.84 bits per heavy atom. The highest BCUT2D eigenvalue weighted by molar-refractivity contribution is 6.30. The molecule has 130 valence electrons. The molecule has 0 saturated carbocycles. The van der Waals surface area contributed by atoms with Gasteiger partial charge < -0.3 is 10.0 Å². The Morgan fingerprint density at radius 1 is 1.32 bits per heavy atom. The zero-order valence-electron chi connectivity index (χ0n) is 13.3. The smallest absolute Gasteiger partial charge is 0.337 e. The van der Waals surface area contributed by atoms with Crippen molar-refractivity contribution in [3.05, 3.63) is 64.2 Å². The lowest BCUT2D eigenvalue weighted by Gasteiger charge is -2.17. The summed E-state index contributed by atoms with van der Waals surface area (Å²) in [7, 11) is 0. The number of carboxylic acid groups (broad SMARTS) is 1. The Labute approximate surface area is 149 Å². The second kappa shape index (κ2) is 7.19. The zero-order chi connectivity index (χ0) is 18.0. The molecule has 1 saturated heterocycles. The zero-order valence-corrected chi connectivity index (χ0v) is 14.0. The maximum Gasteiger partial charge on any atom is 0.337 e. The number of hydrogen-bond donors (Lipinski definition) is 1. The van der Waals surface area contributed by atoms with E-state index in [0.717, 1.165) is 18.1 Å². The summed E-state index contributed by atoms with van der Waals surface area (Å²) in [6.45, 7) is 1.04. The largest absolute Gasteiger partial charge is 0.478 e. The van der Waals surface area contributed by atoms with Crippen LogP contribution in [0.2, 0.25) is 5.02 Å². The third kappa shape index (κ3) is 3.96. The van der Waals surface area contributed by atoms with E-state index in [-0.39, 0.29) is 28.0 Å². The van der Waals surface area contributed by atoms with E-state index in [0.29, 0.717) is 19.5 Å². The third-order valence-electron chi connectivity index (χ3n) is 4.30. The molecule has 1 aliphatic rings. The van der Waals surface area contributed by atoms with Gasteiger partial charge in [-0.2, -0.15) is 0 Å². The standard InChI is InChI=1S/C18H16ClFN2O3/c19-14-1-2-15(16(20)7-14)17(23)22-4-3-11(10-22)5-12-6-13(18(24)25)9-21-8-12/h1-2,6-9,11H,3-5,10H2,(H,24,25). The molecule has 1 aromatic carbocycles. The number of likely N-dealkylation sites (tertiary alicyclic amines) is 1. The summed E-state index contributed by atoms with van der Waals surface area (Å²) in [5, 5.41) is 9.27. The van der Waals surface area contributed by atoms with Crippen LogP contribution in [0.1, 0.15) is 32.7 Å². The van der Waals surface area contributed by atoms with Crippen LogP contribution in [0.3, 0.4) is 0 Å². The van der Waals surface area contributed by atoms with Crippen LogP contribution in [0.4, 0.5) is 4.39 Å². The molecule has 2 heterocycles. The number of nitrogens with zero attached hydrogens (tertiary/aromatic N) is 2. The highest BCUT2D eigenvalue weighted by Crippen LogP contribution is 2.24. The van der Waals surface area contributed by atoms with E-state index in [1.807, 2.05) is 0 Å². The SMILES string of the molecule is O=C(O)c1cncc(CC2CCN(C(=O)c3ccc(Cl)cc3F)C2)c1. The summed E-state index contributed by atoms with van der Waals surface area (Å²) in [6.07, 6.45) is 4.34. The molecule has 1 aromatic heterocycles. The molecule has 1 fully saturated rings. The van der Waals surface area contributed by atoms with Crippen molar-refractivity contribution in [2.75, 3.05) is 13.1 Å². The van der Waals surface area contributed by atoms with Crippen molar-refractivity contribution in [2.45, 2.75) is 12.8 Å². The van der Waals surface area contributed by atoms with Crippen molar-refractivity contribution in [1.82, 2.24) is 9.88 Å². The number of aromatic nitrogens is 1. The van der Waals surface area contributed by atoms with Gasteiger partial charge in [-0.3, -0.25) is 9.78 Å². The fraction of sp³-hybridized carbons (Fsp3) is 0.278. The van der Waals surface area contributed by atoms with Crippen LogP contribution < -0.4 is 0 Å². The monoisotopic (exact) mass is 362 g/mol. The number of halogens is 2. The van der Waals surface area contributed by atoms with Crippen LogP contribution in [-0.2, 0) is 6.42 Å². The predicted molar refractivity (Wildman–Crippen MR) is 90.3 cm³/mol. The molecular weight excluding hydrogens is 347 g/mol.